The smallest absolute Gasteiger partial charge is 0.229 e. The van der Waals surface area contributed by atoms with Crippen LogP contribution in [-0.2, 0) is 4.79 Å². The van der Waals surface area contributed by atoms with E-state index in [0.29, 0.717) is 0 Å². The minimum Gasteiger partial charge on any atom is -0.299 e. The highest BCUT2D eigenvalue weighted by molar-refractivity contribution is 7.30. The molecule has 0 unspecified atom stereocenters. The van der Waals surface area contributed by atoms with Crippen LogP contribution in [0.25, 0.3) is 0 Å². The SMILES string of the molecule is C/C=C\C(=O)[Si](c1ccccc1)(c1ccccc1)c1ccccc1. The summed E-state index contributed by atoms with van der Waals surface area (Å²) in [5.41, 5.74) is 0. The molecule has 0 atom stereocenters. The van der Waals surface area contributed by atoms with Crippen molar-refractivity contribution < 1.29 is 4.79 Å². The van der Waals surface area contributed by atoms with Gasteiger partial charge in [0.15, 0.2) is 0 Å². The first-order valence-electron chi connectivity index (χ1n) is 8.14. The number of allylic oxidation sites excluding steroid dienone is 2. The molecule has 0 bridgehead atoms. The average Bonchev–Trinajstić information content (AvgIpc) is 2.65. The van der Waals surface area contributed by atoms with Crippen molar-refractivity contribution >= 4 is 29.0 Å². The monoisotopic (exact) mass is 328 g/mol. The number of carbonyl (C=O) groups excluding carboxylic acids is 1. The van der Waals surface area contributed by atoms with Gasteiger partial charge in [-0.15, -0.1) is 0 Å². The maximum atomic E-state index is 13.4. The second-order valence-corrected chi connectivity index (χ2v) is 9.44. The van der Waals surface area contributed by atoms with Crippen molar-refractivity contribution in [1.82, 2.24) is 0 Å². The zero-order valence-corrected chi connectivity index (χ0v) is 14.7. The van der Waals surface area contributed by atoms with E-state index in [-0.39, 0.29) is 5.41 Å². The minimum atomic E-state index is -2.77. The van der Waals surface area contributed by atoms with Gasteiger partial charge in [-0.1, -0.05) is 97.1 Å². The van der Waals surface area contributed by atoms with E-state index in [1.54, 1.807) is 6.08 Å². The highest BCUT2D eigenvalue weighted by Crippen LogP contribution is 2.10. The maximum Gasteiger partial charge on any atom is 0.229 e. The summed E-state index contributed by atoms with van der Waals surface area (Å²) in [6, 6.07) is 30.7. The van der Waals surface area contributed by atoms with Gasteiger partial charge in [0.1, 0.15) is 5.41 Å². The average molecular weight is 328 g/mol. The van der Waals surface area contributed by atoms with Crippen molar-refractivity contribution in [2.45, 2.75) is 6.92 Å². The summed E-state index contributed by atoms with van der Waals surface area (Å²) in [6.45, 7) is 1.90. The molecule has 0 saturated heterocycles. The van der Waals surface area contributed by atoms with Crippen LogP contribution in [-0.4, -0.2) is 13.5 Å². The molecule has 3 aromatic carbocycles. The number of benzene rings is 3. The molecule has 0 aliphatic heterocycles. The first-order chi connectivity index (χ1) is 11.8. The van der Waals surface area contributed by atoms with Crippen molar-refractivity contribution in [2.75, 3.05) is 0 Å². The van der Waals surface area contributed by atoms with E-state index < -0.39 is 8.07 Å². The standard InChI is InChI=1S/C22H20OSi/c1-2-12-22(23)24(19-13-6-3-7-14-19,20-15-8-4-9-16-20)21-17-10-5-11-18-21/h2-18H,1H3/b12-2-. The third kappa shape index (κ3) is 2.77. The van der Waals surface area contributed by atoms with Crippen LogP contribution in [0.5, 0.6) is 0 Å². The van der Waals surface area contributed by atoms with Gasteiger partial charge in [-0.25, -0.2) is 0 Å². The second kappa shape index (κ2) is 7.24. The lowest BCUT2D eigenvalue weighted by Gasteiger charge is -2.30. The molecule has 3 rings (SSSR count). The van der Waals surface area contributed by atoms with Gasteiger partial charge in [-0.3, -0.25) is 4.79 Å². The Bertz CT molecular complexity index is 727. The molecule has 1 nitrogen and oxygen atoms in total. The Morgan fingerprint density at radius 2 is 1.00 bits per heavy atom. The van der Waals surface area contributed by atoms with Crippen LogP contribution in [0, 0.1) is 0 Å². The molecule has 0 aliphatic rings. The zero-order chi connectivity index (χ0) is 16.8. The van der Waals surface area contributed by atoms with Crippen LogP contribution in [0.2, 0.25) is 0 Å². The van der Waals surface area contributed by atoms with Gasteiger partial charge in [0.05, 0.1) is 0 Å². The minimum absolute atomic E-state index is 0.202. The summed E-state index contributed by atoms with van der Waals surface area (Å²) in [7, 11) is -2.77. The van der Waals surface area contributed by atoms with Gasteiger partial charge in [-0.2, -0.15) is 0 Å². The molecule has 0 radical (unpaired) electrons. The molecule has 0 heterocycles. The van der Waals surface area contributed by atoms with E-state index in [9.17, 15) is 4.79 Å². The molecule has 0 aromatic heterocycles. The molecule has 0 fully saturated rings. The van der Waals surface area contributed by atoms with Gasteiger partial charge in [0, 0.05) is 0 Å². The van der Waals surface area contributed by atoms with E-state index in [2.05, 4.69) is 36.4 Å². The van der Waals surface area contributed by atoms with Gasteiger partial charge < -0.3 is 0 Å². The molecule has 24 heavy (non-hydrogen) atoms. The number of rotatable bonds is 5. The van der Waals surface area contributed by atoms with Crippen LogP contribution in [0.15, 0.2) is 103 Å². The third-order valence-corrected chi connectivity index (χ3v) is 8.81. The summed E-state index contributed by atoms with van der Waals surface area (Å²) in [4.78, 5) is 13.4. The zero-order valence-electron chi connectivity index (χ0n) is 13.7. The molecule has 0 aliphatic carbocycles. The molecule has 3 aromatic rings. The molecule has 2 heteroatoms. The van der Waals surface area contributed by atoms with E-state index in [0.717, 1.165) is 15.6 Å². The lowest BCUT2D eigenvalue weighted by Crippen LogP contribution is -2.72. The second-order valence-electron chi connectivity index (χ2n) is 5.71. The largest absolute Gasteiger partial charge is 0.299 e. The van der Waals surface area contributed by atoms with E-state index in [1.807, 2.05) is 67.6 Å². The van der Waals surface area contributed by atoms with Gasteiger partial charge in [0.2, 0.25) is 8.07 Å². The molecule has 0 spiro atoms. The first-order valence-corrected chi connectivity index (χ1v) is 10.1. The predicted octanol–water partition coefficient (Wildman–Crippen LogP) is 2.84. The lowest BCUT2D eigenvalue weighted by molar-refractivity contribution is -0.108. The Balaban J connectivity index is 2.39. The fourth-order valence-corrected chi connectivity index (χ4v) is 7.62. The Morgan fingerprint density at radius 1 is 0.667 bits per heavy atom. The first kappa shape index (κ1) is 16.2. The quantitative estimate of drug-likeness (QED) is 0.400. The van der Waals surface area contributed by atoms with Crippen LogP contribution < -0.4 is 15.6 Å². The Labute approximate surface area is 144 Å². The molecule has 0 saturated carbocycles. The summed E-state index contributed by atoms with van der Waals surface area (Å²) in [5.74, 6) is 0. The lowest BCUT2D eigenvalue weighted by atomic mass is 10.3. The highest BCUT2D eigenvalue weighted by Gasteiger charge is 2.45. The van der Waals surface area contributed by atoms with Crippen molar-refractivity contribution in [2.24, 2.45) is 0 Å². The van der Waals surface area contributed by atoms with Crippen LogP contribution in [0.3, 0.4) is 0 Å². The van der Waals surface area contributed by atoms with E-state index >= 15 is 0 Å². The topological polar surface area (TPSA) is 17.1 Å². The predicted molar refractivity (Wildman–Crippen MR) is 104 cm³/mol. The third-order valence-electron chi connectivity index (χ3n) is 4.31. The summed E-state index contributed by atoms with van der Waals surface area (Å²) in [5, 5.41) is 3.55. The van der Waals surface area contributed by atoms with E-state index in [4.69, 9.17) is 0 Å². The highest BCUT2D eigenvalue weighted by atomic mass is 28.3. The molecular weight excluding hydrogens is 308 g/mol. The van der Waals surface area contributed by atoms with E-state index in [1.165, 1.54) is 0 Å². The van der Waals surface area contributed by atoms with Gasteiger partial charge in [-0.05, 0) is 28.6 Å². The van der Waals surface area contributed by atoms with Gasteiger partial charge in [0.25, 0.3) is 0 Å². The molecule has 0 amide bonds. The van der Waals surface area contributed by atoms with Crippen LogP contribution >= 0.6 is 0 Å². The number of carbonyl (C=O) groups is 1. The molecule has 118 valence electrons. The number of hydrogen-bond donors (Lipinski definition) is 0. The molecule has 0 N–H and O–H groups in total. The fourth-order valence-electron chi connectivity index (χ4n) is 3.27. The summed E-state index contributed by atoms with van der Waals surface area (Å²) < 4.78 is 0. The summed E-state index contributed by atoms with van der Waals surface area (Å²) >= 11 is 0. The van der Waals surface area contributed by atoms with Crippen LogP contribution in [0.1, 0.15) is 6.92 Å². The Kier molecular flexibility index (Phi) is 4.87. The molecular formula is C22H20OSi. The fraction of sp³-hybridized carbons (Fsp3) is 0.0455. The van der Waals surface area contributed by atoms with Crippen molar-refractivity contribution in [1.29, 1.82) is 0 Å². The van der Waals surface area contributed by atoms with Crippen molar-refractivity contribution in [3.63, 3.8) is 0 Å². The number of hydrogen-bond acceptors (Lipinski definition) is 1. The summed E-state index contributed by atoms with van der Waals surface area (Å²) in [6.07, 6.45) is 3.58. The van der Waals surface area contributed by atoms with Gasteiger partial charge >= 0.3 is 0 Å². The van der Waals surface area contributed by atoms with Crippen LogP contribution in [0.4, 0.5) is 0 Å². The Hall–Kier alpha value is -2.71. The maximum absolute atomic E-state index is 13.4. The Morgan fingerprint density at radius 3 is 1.29 bits per heavy atom. The van der Waals surface area contributed by atoms with Crippen molar-refractivity contribution in [3.8, 4) is 0 Å². The normalized spacial score (nSPS) is 11.5. The van der Waals surface area contributed by atoms with Crippen molar-refractivity contribution in [3.05, 3.63) is 103 Å².